The Hall–Kier alpha value is -2.88. The third-order valence-electron chi connectivity index (χ3n) is 2.61. The molecule has 0 spiro atoms. The van der Waals surface area contributed by atoms with Gasteiger partial charge in [-0.2, -0.15) is 0 Å². The molecule has 0 saturated carbocycles. The van der Waals surface area contributed by atoms with Crippen LogP contribution in [0.1, 0.15) is 0 Å². The Morgan fingerprint density at radius 2 is 1.40 bits per heavy atom. The Bertz CT molecular complexity index is 612. The molecule has 0 heterocycles. The highest BCUT2D eigenvalue weighted by atomic mass is 16.5. The van der Waals surface area contributed by atoms with Crippen LogP contribution in [0.25, 0.3) is 11.1 Å². The minimum Gasteiger partial charge on any atom is -0.429 e. The van der Waals surface area contributed by atoms with Crippen molar-refractivity contribution >= 4 is 12.4 Å². The monoisotopic (exact) mass is 268 g/mol. The van der Waals surface area contributed by atoms with Crippen molar-refractivity contribution in [2.75, 3.05) is 0 Å². The first-order chi connectivity index (χ1) is 9.72. The Labute approximate surface area is 116 Å². The molecule has 20 heavy (non-hydrogen) atoms. The number of benzene rings is 2. The quantitative estimate of drug-likeness (QED) is 0.362. The average Bonchev–Trinajstić information content (AvgIpc) is 2.49. The summed E-state index contributed by atoms with van der Waals surface area (Å²) in [5, 5.41) is 0. The smallest absolute Gasteiger partial charge is 0.335 e. The molecule has 0 bridgehead atoms. The van der Waals surface area contributed by atoms with Crippen LogP contribution in [-0.4, -0.2) is 12.4 Å². The normalized spacial score (nSPS) is 9.60. The third-order valence-corrected chi connectivity index (χ3v) is 2.61. The number of hydrogen-bond acceptors (Lipinski definition) is 4. The summed E-state index contributed by atoms with van der Waals surface area (Å²) in [4.78, 5) is 21.3. The van der Waals surface area contributed by atoms with E-state index in [9.17, 15) is 9.59 Å². The van der Waals surface area contributed by atoms with Crippen LogP contribution in [0.2, 0.25) is 0 Å². The molecule has 100 valence electrons. The zero-order chi connectivity index (χ0) is 14.4. The first-order valence-electron chi connectivity index (χ1n) is 5.88. The summed E-state index contributed by atoms with van der Waals surface area (Å²) in [5.74, 6) is 0.452. The second-order valence-corrected chi connectivity index (χ2v) is 3.89. The van der Waals surface area contributed by atoms with Crippen molar-refractivity contribution in [1.29, 1.82) is 0 Å². The van der Waals surface area contributed by atoms with Crippen molar-refractivity contribution in [3.8, 4) is 22.6 Å². The van der Waals surface area contributed by atoms with Crippen molar-refractivity contribution in [3.63, 3.8) is 0 Å². The Balaban J connectivity index is 2.14. The van der Waals surface area contributed by atoms with Gasteiger partial charge < -0.3 is 9.47 Å². The molecule has 0 radical (unpaired) electrons. The van der Waals surface area contributed by atoms with Crippen LogP contribution in [0, 0.1) is 0 Å². The summed E-state index contributed by atoms with van der Waals surface area (Å²) in [5.41, 5.74) is 1.92. The fourth-order valence-corrected chi connectivity index (χ4v) is 1.65. The Morgan fingerprint density at radius 1 is 0.900 bits per heavy atom. The van der Waals surface area contributed by atoms with Crippen molar-refractivity contribution in [1.82, 2.24) is 0 Å². The molecule has 0 N–H and O–H groups in total. The topological polar surface area (TPSA) is 52.6 Å². The van der Waals surface area contributed by atoms with Gasteiger partial charge in [-0.05, 0) is 35.4 Å². The van der Waals surface area contributed by atoms with E-state index in [1.807, 2.05) is 24.3 Å². The molecule has 0 amide bonds. The van der Waals surface area contributed by atoms with E-state index in [1.54, 1.807) is 24.3 Å². The molecule has 0 aliphatic carbocycles. The Morgan fingerprint density at radius 3 is 1.85 bits per heavy atom. The molecule has 0 aliphatic heterocycles. The summed E-state index contributed by atoms with van der Waals surface area (Å²) >= 11 is 0. The molecule has 0 fully saturated rings. The SMILES string of the molecule is C=CC(=O)Oc1ccc(-c2ccc(OC=O)cc2)cc1. The van der Waals surface area contributed by atoms with E-state index in [-0.39, 0.29) is 0 Å². The van der Waals surface area contributed by atoms with E-state index in [4.69, 9.17) is 9.47 Å². The van der Waals surface area contributed by atoms with Crippen LogP contribution in [0.4, 0.5) is 0 Å². The summed E-state index contributed by atoms with van der Waals surface area (Å²) in [6.07, 6.45) is 1.11. The zero-order valence-electron chi connectivity index (χ0n) is 10.6. The van der Waals surface area contributed by atoms with Gasteiger partial charge in [0, 0.05) is 6.08 Å². The van der Waals surface area contributed by atoms with Gasteiger partial charge in [0.1, 0.15) is 11.5 Å². The zero-order valence-corrected chi connectivity index (χ0v) is 10.6. The van der Waals surface area contributed by atoms with Gasteiger partial charge in [-0.15, -0.1) is 0 Å². The average molecular weight is 268 g/mol. The van der Waals surface area contributed by atoms with Crippen molar-refractivity contribution in [3.05, 3.63) is 61.2 Å². The first-order valence-corrected chi connectivity index (χ1v) is 5.88. The van der Waals surface area contributed by atoms with Crippen LogP contribution in [-0.2, 0) is 9.59 Å². The highest BCUT2D eigenvalue weighted by Gasteiger charge is 2.02. The third kappa shape index (κ3) is 3.32. The molecule has 0 aromatic heterocycles. The molecule has 2 aromatic carbocycles. The van der Waals surface area contributed by atoms with Crippen LogP contribution >= 0.6 is 0 Å². The molecule has 4 heteroatoms. The maximum absolute atomic E-state index is 11.1. The minimum absolute atomic E-state index is 0.387. The van der Waals surface area contributed by atoms with Crippen molar-refractivity contribution < 1.29 is 19.1 Å². The lowest BCUT2D eigenvalue weighted by molar-refractivity contribution is -0.129. The summed E-state index contributed by atoms with van der Waals surface area (Å²) < 4.78 is 9.71. The molecular formula is C16H12O4. The van der Waals surface area contributed by atoms with E-state index in [2.05, 4.69) is 6.58 Å². The molecule has 0 atom stereocenters. The number of carbonyl (C=O) groups is 2. The van der Waals surface area contributed by atoms with Gasteiger partial charge >= 0.3 is 5.97 Å². The van der Waals surface area contributed by atoms with Crippen LogP contribution in [0.5, 0.6) is 11.5 Å². The number of ether oxygens (including phenoxy) is 2. The maximum Gasteiger partial charge on any atom is 0.335 e. The van der Waals surface area contributed by atoms with Gasteiger partial charge in [0.25, 0.3) is 6.47 Å². The van der Waals surface area contributed by atoms with E-state index < -0.39 is 5.97 Å². The van der Waals surface area contributed by atoms with Gasteiger partial charge in [-0.3, -0.25) is 4.79 Å². The molecule has 0 saturated heterocycles. The minimum atomic E-state index is -0.492. The molecule has 2 aromatic rings. The summed E-state index contributed by atoms with van der Waals surface area (Å²) in [7, 11) is 0. The van der Waals surface area contributed by atoms with Gasteiger partial charge in [0.05, 0.1) is 0 Å². The summed E-state index contributed by atoms with van der Waals surface area (Å²) in [6.45, 7) is 3.72. The first kappa shape index (κ1) is 13.5. The maximum atomic E-state index is 11.1. The van der Waals surface area contributed by atoms with Gasteiger partial charge in [-0.25, -0.2) is 4.79 Å². The van der Waals surface area contributed by atoms with Crippen molar-refractivity contribution in [2.24, 2.45) is 0 Å². The van der Waals surface area contributed by atoms with Gasteiger partial charge in [0.15, 0.2) is 0 Å². The predicted molar refractivity (Wildman–Crippen MR) is 74.4 cm³/mol. The van der Waals surface area contributed by atoms with Crippen LogP contribution in [0.15, 0.2) is 61.2 Å². The van der Waals surface area contributed by atoms with Crippen LogP contribution < -0.4 is 9.47 Å². The van der Waals surface area contributed by atoms with E-state index >= 15 is 0 Å². The fourth-order valence-electron chi connectivity index (χ4n) is 1.65. The number of rotatable bonds is 5. The largest absolute Gasteiger partial charge is 0.429 e. The predicted octanol–water partition coefficient (Wildman–Crippen LogP) is 2.98. The van der Waals surface area contributed by atoms with Gasteiger partial charge in [0.2, 0.25) is 0 Å². The van der Waals surface area contributed by atoms with E-state index in [1.165, 1.54) is 0 Å². The lowest BCUT2D eigenvalue weighted by Gasteiger charge is -2.05. The number of carbonyl (C=O) groups excluding carboxylic acids is 2. The van der Waals surface area contributed by atoms with E-state index in [0.29, 0.717) is 18.0 Å². The lowest BCUT2D eigenvalue weighted by Crippen LogP contribution is -2.02. The van der Waals surface area contributed by atoms with Crippen LogP contribution in [0.3, 0.4) is 0 Å². The second kappa shape index (κ2) is 6.33. The lowest BCUT2D eigenvalue weighted by atomic mass is 10.1. The Kier molecular flexibility index (Phi) is 4.29. The number of esters is 1. The molecule has 2 rings (SSSR count). The van der Waals surface area contributed by atoms with Crippen molar-refractivity contribution in [2.45, 2.75) is 0 Å². The summed E-state index contributed by atoms with van der Waals surface area (Å²) in [6, 6.07) is 14.2. The molecule has 0 aliphatic rings. The fraction of sp³-hybridized carbons (Fsp3) is 0. The van der Waals surface area contributed by atoms with Gasteiger partial charge in [-0.1, -0.05) is 30.8 Å². The second-order valence-electron chi connectivity index (χ2n) is 3.89. The molecule has 4 nitrogen and oxygen atoms in total. The highest BCUT2D eigenvalue weighted by molar-refractivity contribution is 5.83. The van der Waals surface area contributed by atoms with E-state index in [0.717, 1.165) is 17.2 Å². The highest BCUT2D eigenvalue weighted by Crippen LogP contribution is 2.24. The standard InChI is InChI=1S/C16H12O4/c1-2-16(18)20-15-9-5-13(6-10-15)12-3-7-14(8-4-12)19-11-17/h2-11H,1H2. The molecule has 0 unspecified atom stereocenters. The molecular weight excluding hydrogens is 256 g/mol. The number of hydrogen-bond donors (Lipinski definition) is 0.